The maximum absolute atomic E-state index is 13.2. The summed E-state index contributed by atoms with van der Waals surface area (Å²) in [7, 11) is 1.66. The quantitative estimate of drug-likeness (QED) is 0.839. The number of nitrogens with one attached hydrogen (secondary N) is 1. The van der Waals surface area contributed by atoms with E-state index < -0.39 is 0 Å². The summed E-state index contributed by atoms with van der Waals surface area (Å²) in [6, 6.07) is 8.27. The van der Waals surface area contributed by atoms with Crippen LogP contribution in [0.1, 0.15) is 37.2 Å². The van der Waals surface area contributed by atoms with Crippen LogP contribution < -0.4 is 4.74 Å². The molecule has 2 bridgehead atoms. The smallest absolute Gasteiger partial charge is 0.270 e. The fraction of sp³-hybridized carbons (Fsp3) is 0.500. The van der Waals surface area contributed by atoms with Crippen LogP contribution in [-0.2, 0) is 0 Å². The van der Waals surface area contributed by atoms with Crippen molar-refractivity contribution in [2.75, 3.05) is 33.3 Å². The molecule has 0 aliphatic carbocycles. The number of carbonyl (C=O) groups is 1. The molecule has 4 heterocycles. The third kappa shape index (κ3) is 3.74. The molecule has 2 atom stereocenters. The average Bonchev–Trinajstić information content (AvgIpc) is 2.87. The Labute approximate surface area is 161 Å². The molecule has 5 rings (SSSR count). The highest BCUT2D eigenvalue weighted by molar-refractivity contribution is 5.98. The molecule has 144 valence electrons. The molecule has 3 aliphatic rings. The number of fused-ring (bicyclic) bond motifs is 5. The van der Waals surface area contributed by atoms with Gasteiger partial charge in [-0.3, -0.25) is 9.69 Å². The van der Waals surface area contributed by atoms with Gasteiger partial charge in [-0.15, -0.1) is 0 Å². The van der Waals surface area contributed by atoms with Crippen molar-refractivity contribution >= 4 is 16.8 Å². The fourth-order valence-corrected chi connectivity index (χ4v) is 4.39. The number of ether oxygens (including phenoxy) is 1. The molecule has 3 saturated heterocycles. The van der Waals surface area contributed by atoms with Crippen molar-refractivity contribution in [3.05, 3.63) is 41.6 Å². The Morgan fingerprint density at radius 1 is 1.22 bits per heavy atom. The van der Waals surface area contributed by atoms with Crippen LogP contribution in [0.15, 0.2) is 35.9 Å². The van der Waals surface area contributed by atoms with Crippen LogP contribution in [-0.4, -0.2) is 60.0 Å². The van der Waals surface area contributed by atoms with Crippen LogP contribution in [0.3, 0.4) is 0 Å². The Hall–Kier alpha value is -2.27. The van der Waals surface area contributed by atoms with Gasteiger partial charge in [0.15, 0.2) is 0 Å². The van der Waals surface area contributed by atoms with Crippen molar-refractivity contribution in [3.8, 4) is 5.75 Å². The largest absolute Gasteiger partial charge is 0.497 e. The Kier molecular flexibility index (Phi) is 4.96. The first-order valence-electron chi connectivity index (χ1n) is 9.87. The number of hydrogen-bond acceptors (Lipinski definition) is 3. The molecule has 1 amide bonds. The Morgan fingerprint density at radius 3 is 2.85 bits per heavy atom. The number of methoxy groups -OCH3 is 1. The van der Waals surface area contributed by atoms with Gasteiger partial charge in [0.1, 0.15) is 11.4 Å². The maximum atomic E-state index is 13.2. The summed E-state index contributed by atoms with van der Waals surface area (Å²) >= 11 is 0. The highest BCUT2D eigenvalue weighted by atomic mass is 16.5. The van der Waals surface area contributed by atoms with Crippen molar-refractivity contribution in [2.45, 2.75) is 32.7 Å². The zero-order valence-corrected chi connectivity index (χ0v) is 16.5. The topological polar surface area (TPSA) is 48.6 Å². The zero-order chi connectivity index (χ0) is 19.0. The van der Waals surface area contributed by atoms with Crippen LogP contribution >= 0.6 is 0 Å². The van der Waals surface area contributed by atoms with E-state index in [2.05, 4.69) is 34.7 Å². The second kappa shape index (κ2) is 7.39. The minimum absolute atomic E-state index is 0.117. The Bertz CT molecular complexity index is 866. The van der Waals surface area contributed by atoms with Gasteiger partial charge in [0, 0.05) is 43.1 Å². The number of aromatic amines is 1. The van der Waals surface area contributed by atoms with E-state index in [9.17, 15) is 4.79 Å². The fourth-order valence-electron chi connectivity index (χ4n) is 4.39. The van der Waals surface area contributed by atoms with Gasteiger partial charge < -0.3 is 14.6 Å². The number of hydrogen-bond donors (Lipinski definition) is 1. The van der Waals surface area contributed by atoms with E-state index in [1.165, 1.54) is 18.4 Å². The van der Waals surface area contributed by atoms with E-state index in [-0.39, 0.29) is 5.91 Å². The summed E-state index contributed by atoms with van der Waals surface area (Å²) in [5.74, 6) is 1.50. The van der Waals surface area contributed by atoms with Crippen LogP contribution in [0.4, 0.5) is 0 Å². The van der Waals surface area contributed by atoms with E-state index in [1.54, 1.807) is 7.11 Å². The lowest BCUT2D eigenvalue weighted by Gasteiger charge is -2.35. The number of carbonyl (C=O) groups excluding carboxylic acids is 1. The predicted octanol–water partition coefficient (Wildman–Crippen LogP) is 3.68. The van der Waals surface area contributed by atoms with Crippen molar-refractivity contribution in [1.29, 1.82) is 0 Å². The first kappa shape index (κ1) is 18.1. The monoisotopic (exact) mass is 367 g/mol. The van der Waals surface area contributed by atoms with Gasteiger partial charge in [0.25, 0.3) is 5.91 Å². The second-order valence-corrected chi connectivity index (χ2v) is 8.18. The number of rotatable bonds is 4. The number of amides is 1. The van der Waals surface area contributed by atoms with Crippen molar-refractivity contribution in [2.24, 2.45) is 5.92 Å². The summed E-state index contributed by atoms with van der Waals surface area (Å²) in [6.07, 6.45) is 4.72. The Balaban J connectivity index is 1.53. The second-order valence-electron chi connectivity index (χ2n) is 8.18. The van der Waals surface area contributed by atoms with Gasteiger partial charge in [-0.25, -0.2) is 0 Å². The minimum Gasteiger partial charge on any atom is -0.497 e. The van der Waals surface area contributed by atoms with Crippen LogP contribution in [0.2, 0.25) is 0 Å². The molecule has 1 aromatic heterocycles. The molecule has 5 nitrogen and oxygen atoms in total. The molecular weight excluding hydrogens is 338 g/mol. The predicted molar refractivity (Wildman–Crippen MR) is 108 cm³/mol. The van der Waals surface area contributed by atoms with E-state index in [4.69, 9.17) is 4.74 Å². The number of piperidine rings is 1. The highest BCUT2D eigenvalue weighted by Crippen LogP contribution is 2.29. The number of benzene rings is 1. The average molecular weight is 367 g/mol. The standard InChI is InChI=1S/C22H29N3O2/c1-15(2)8-9-24-12-16-4-5-18(24)14-25(13-16)22(26)21-11-17-10-19(27-3)6-7-20(17)23-21/h6-8,10-11,16,18,23H,4-5,9,12-14H2,1-3H3. The molecule has 1 N–H and O–H groups in total. The summed E-state index contributed by atoms with van der Waals surface area (Å²) in [6.45, 7) is 8.08. The van der Waals surface area contributed by atoms with Crippen molar-refractivity contribution < 1.29 is 9.53 Å². The molecule has 3 fully saturated rings. The van der Waals surface area contributed by atoms with Gasteiger partial charge in [0.05, 0.1) is 7.11 Å². The third-order valence-electron chi connectivity index (χ3n) is 5.91. The first-order chi connectivity index (χ1) is 13.0. The van der Waals surface area contributed by atoms with Crippen LogP contribution in [0.5, 0.6) is 5.75 Å². The molecule has 1 aromatic carbocycles. The SMILES string of the molecule is COc1ccc2[nH]c(C(=O)N3CC4CCC(C3)N(CC=C(C)C)C4)cc2c1. The number of H-pyrrole nitrogens is 1. The number of allylic oxidation sites excluding steroid dienone is 1. The normalized spacial score (nSPS) is 22.7. The number of aromatic nitrogens is 1. The minimum atomic E-state index is 0.117. The van der Waals surface area contributed by atoms with Crippen molar-refractivity contribution in [1.82, 2.24) is 14.8 Å². The molecule has 0 spiro atoms. The molecule has 0 saturated carbocycles. The molecular formula is C22H29N3O2. The van der Waals surface area contributed by atoms with Gasteiger partial charge in [0.2, 0.25) is 0 Å². The molecule has 0 radical (unpaired) electrons. The summed E-state index contributed by atoms with van der Waals surface area (Å²) < 4.78 is 5.29. The summed E-state index contributed by atoms with van der Waals surface area (Å²) in [5, 5.41) is 1.01. The van der Waals surface area contributed by atoms with Gasteiger partial charge in [-0.2, -0.15) is 0 Å². The van der Waals surface area contributed by atoms with Gasteiger partial charge in [-0.1, -0.05) is 11.6 Å². The van der Waals surface area contributed by atoms with Crippen LogP contribution in [0, 0.1) is 5.92 Å². The van der Waals surface area contributed by atoms with Gasteiger partial charge >= 0.3 is 0 Å². The lowest BCUT2D eigenvalue weighted by molar-refractivity contribution is 0.0735. The van der Waals surface area contributed by atoms with Crippen LogP contribution in [0.25, 0.3) is 10.9 Å². The Morgan fingerprint density at radius 2 is 2.07 bits per heavy atom. The van der Waals surface area contributed by atoms with E-state index in [0.29, 0.717) is 17.7 Å². The molecule has 2 unspecified atom stereocenters. The summed E-state index contributed by atoms with van der Waals surface area (Å²) in [5.41, 5.74) is 3.01. The molecule has 27 heavy (non-hydrogen) atoms. The lowest BCUT2D eigenvalue weighted by atomic mass is 9.95. The van der Waals surface area contributed by atoms with E-state index in [1.807, 2.05) is 24.3 Å². The lowest BCUT2D eigenvalue weighted by Crippen LogP contribution is -2.44. The van der Waals surface area contributed by atoms with Crippen molar-refractivity contribution in [3.63, 3.8) is 0 Å². The molecule has 5 heteroatoms. The third-order valence-corrected chi connectivity index (χ3v) is 5.91. The maximum Gasteiger partial charge on any atom is 0.270 e. The highest BCUT2D eigenvalue weighted by Gasteiger charge is 2.36. The molecule has 3 aliphatic heterocycles. The number of nitrogens with zero attached hydrogens (tertiary/aromatic N) is 2. The first-order valence-corrected chi connectivity index (χ1v) is 9.87. The zero-order valence-electron chi connectivity index (χ0n) is 16.5. The van der Waals surface area contributed by atoms with Gasteiger partial charge in [-0.05, 0) is 56.9 Å². The van der Waals surface area contributed by atoms with E-state index in [0.717, 1.165) is 42.8 Å². The summed E-state index contributed by atoms with van der Waals surface area (Å²) in [4.78, 5) is 21.1. The molecule has 2 aromatic rings. The van der Waals surface area contributed by atoms with E-state index >= 15 is 0 Å².